The van der Waals surface area contributed by atoms with E-state index in [4.69, 9.17) is 4.74 Å². The van der Waals surface area contributed by atoms with Crippen LogP contribution in [0.2, 0.25) is 0 Å². The standard InChI is InChI=1S/C21H30N4O4/c1-4-21(3)19(27)25(20(28)23-21)14-18(26)22-13-17(24-9-11-29-12-10-24)16-7-5-15(2)6-8-16/h5-8,17H,4,9-14H2,1-3H3,(H,22,26)(H,23,28). The van der Waals surface area contributed by atoms with Gasteiger partial charge >= 0.3 is 6.03 Å². The van der Waals surface area contributed by atoms with Gasteiger partial charge in [-0.2, -0.15) is 0 Å². The minimum atomic E-state index is -0.935. The minimum absolute atomic E-state index is 0.00691. The first-order chi connectivity index (χ1) is 13.8. The third-order valence-electron chi connectivity index (χ3n) is 5.80. The van der Waals surface area contributed by atoms with Gasteiger partial charge in [0.05, 0.1) is 19.3 Å². The maximum Gasteiger partial charge on any atom is 0.325 e. The zero-order valence-corrected chi connectivity index (χ0v) is 17.4. The molecule has 2 unspecified atom stereocenters. The van der Waals surface area contributed by atoms with Crippen molar-refractivity contribution in [1.29, 1.82) is 0 Å². The number of amides is 4. The topological polar surface area (TPSA) is 91.0 Å². The number of hydrogen-bond acceptors (Lipinski definition) is 5. The molecule has 2 atom stereocenters. The van der Waals surface area contributed by atoms with Gasteiger partial charge in [0.2, 0.25) is 5.91 Å². The highest BCUT2D eigenvalue weighted by Crippen LogP contribution is 2.23. The van der Waals surface area contributed by atoms with Gasteiger partial charge in [0.25, 0.3) is 5.91 Å². The van der Waals surface area contributed by atoms with Crippen LogP contribution in [0.1, 0.15) is 37.4 Å². The zero-order valence-electron chi connectivity index (χ0n) is 17.4. The molecule has 2 fully saturated rings. The zero-order chi connectivity index (χ0) is 21.0. The molecule has 0 bridgehead atoms. The van der Waals surface area contributed by atoms with Crippen molar-refractivity contribution in [2.45, 2.75) is 38.8 Å². The van der Waals surface area contributed by atoms with Gasteiger partial charge in [-0.25, -0.2) is 4.79 Å². The molecule has 2 heterocycles. The second kappa shape index (κ2) is 8.92. The number of imide groups is 1. The molecule has 0 aliphatic carbocycles. The Hall–Kier alpha value is -2.45. The Morgan fingerprint density at radius 3 is 2.48 bits per heavy atom. The number of nitrogens with one attached hydrogen (secondary N) is 2. The van der Waals surface area contributed by atoms with Crippen molar-refractivity contribution >= 4 is 17.8 Å². The number of aryl methyl sites for hydroxylation is 1. The number of ether oxygens (including phenoxy) is 1. The maximum absolute atomic E-state index is 12.5. The molecule has 2 N–H and O–H groups in total. The van der Waals surface area contributed by atoms with Crippen LogP contribution >= 0.6 is 0 Å². The Balaban J connectivity index is 1.64. The van der Waals surface area contributed by atoms with E-state index in [1.807, 2.05) is 13.8 Å². The van der Waals surface area contributed by atoms with Gasteiger partial charge in [0.1, 0.15) is 12.1 Å². The molecule has 2 aliphatic heterocycles. The smallest absolute Gasteiger partial charge is 0.325 e. The van der Waals surface area contributed by atoms with Gasteiger partial charge < -0.3 is 15.4 Å². The van der Waals surface area contributed by atoms with Gasteiger partial charge in [-0.3, -0.25) is 19.4 Å². The van der Waals surface area contributed by atoms with Crippen molar-refractivity contribution in [1.82, 2.24) is 20.4 Å². The molecule has 0 saturated carbocycles. The average Bonchev–Trinajstić information content (AvgIpc) is 2.94. The Morgan fingerprint density at radius 2 is 1.90 bits per heavy atom. The van der Waals surface area contributed by atoms with E-state index in [2.05, 4.69) is 39.8 Å². The Labute approximate surface area is 171 Å². The average molecular weight is 402 g/mol. The first-order valence-electron chi connectivity index (χ1n) is 10.1. The fraction of sp³-hybridized carbons (Fsp3) is 0.571. The van der Waals surface area contributed by atoms with Crippen LogP contribution in [-0.4, -0.2) is 72.6 Å². The summed E-state index contributed by atoms with van der Waals surface area (Å²) in [6.07, 6.45) is 0.474. The summed E-state index contributed by atoms with van der Waals surface area (Å²) < 4.78 is 5.46. The Morgan fingerprint density at radius 1 is 1.24 bits per heavy atom. The molecular weight excluding hydrogens is 372 g/mol. The molecule has 29 heavy (non-hydrogen) atoms. The second-order valence-corrected chi connectivity index (χ2v) is 7.89. The summed E-state index contributed by atoms with van der Waals surface area (Å²) in [6.45, 7) is 8.57. The molecule has 8 nitrogen and oxygen atoms in total. The largest absolute Gasteiger partial charge is 0.379 e. The Bertz CT molecular complexity index is 760. The molecule has 3 rings (SSSR count). The molecule has 8 heteroatoms. The molecule has 1 aromatic carbocycles. The van der Waals surface area contributed by atoms with Gasteiger partial charge in [-0.1, -0.05) is 36.8 Å². The number of hydrogen-bond donors (Lipinski definition) is 2. The monoisotopic (exact) mass is 402 g/mol. The van der Waals surface area contributed by atoms with Gasteiger partial charge in [-0.15, -0.1) is 0 Å². The van der Waals surface area contributed by atoms with Crippen molar-refractivity contribution in [3.63, 3.8) is 0 Å². The quantitative estimate of drug-likeness (QED) is 0.669. The van der Waals surface area contributed by atoms with Crippen molar-refractivity contribution in [3.05, 3.63) is 35.4 Å². The van der Waals surface area contributed by atoms with E-state index in [1.54, 1.807) is 6.92 Å². The van der Waals surface area contributed by atoms with Crippen LogP contribution in [0, 0.1) is 6.92 Å². The molecule has 0 radical (unpaired) electrons. The normalized spacial score (nSPS) is 23.8. The first-order valence-corrected chi connectivity index (χ1v) is 10.1. The first kappa shape index (κ1) is 21.3. The highest BCUT2D eigenvalue weighted by Gasteiger charge is 2.47. The predicted molar refractivity (Wildman–Crippen MR) is 108 cm³/mol. The maximum atomic E-state index is 12.5. The molecule has 2 saturated heterocycles. The fourth-order valence-corrected chi connectivity index (χ4v) is 3.68. The summed E-state index contributed by atoms with van der Waals surface area (Å²) in [5.74, 6) is -0.706. The van der Waals surface area contributed by atoms with Crippen LogP contribution in [0.25, 0.3) is 0 Å². The molecule has 1 aromatic rings. The number of nitrogens with zero attached hydrogens (tertiary/aromatic N) is 2. The molecular formula is C21H30N4O4. The van der Waals surface area contributed by atoms with Crippen LogP contribution < -0.4 is 10.6 Å². The number of carbonyl (C=O) groups is 3. The summed E-state index contributed by atoms with van der Waals surface area (Å²) in [5, 5.41) is 5.58. The number of urea groups is 1. The second-order valence-electron chi connectivity index (χ2n) is 7.89. The lowest BCUT2D eigenvalue weighted by Crippen LogP contribution is -2.47. The summed E-state index contributed by atoms with van der Waals surface area (Å²) >= 11 is 0. The third kappa shape index (κ3) is 4.76. The van der Waals surface area contributed by atoms with Gasteiger partial charge in [0, 0.05) is 19.6 Å². The molecule has 0 spiro atoms. The predicted octanol–water partition coefficient (Wildman–Crippen LogP) is 1.21. The summed E-state index contributed by atoms with van der Waals surface area (Å²) in [6, 6.07) is 7.76. The lowest BCUT2D eigenvalue weighted by molar-refractivity contribution is -0.134. The number of morpholine rings is 1. The number of carbonyl (C=O) groups excluding carboxylic acids is 3. The van der Waals surface area contributed by atoms with Crippen molar-refractivity contribution in [3.8, 4) is 0 Å². The highest BCUT2D eigenvalue weighted by molar-refractivity contribution is 6.08. The van der Waals surface area contributed by atoms with E-state index < -0.39 is 11.6 Å². The van der Waals surface area contributed by atoms with Crippen LogP contribution in [0.5, 0.6) is 0 Å². The van der Waals surface area contributed by atoms with Crippen LogP contribution in [0.15, 0.2) is 24.3 Å². The van der Waals surface area contributed by atoms with Crippen LogP contribution in [0.4, 0.5) is 4.79 Å². The van der Waals surface area contributed by atoms with Crippen LogP contribution in [-0.2, 0) is 14.3 Å². The van der Waals surface area contributed by atoms with Crippen molar-refractivity contribution in [2.24, 2.45) is 0 Å². The number of benzene rings is 1. The highest BCUT2D eigenvalue weighted by atomic mass is 16.5. The lowest BCUT2D eigenvalue weighted by Gasteiger charge is -2.35. The molecule has 2 aliphatic rings. The van der Waals surface area contributed by atoms with E-state index in [1.165, 1.54) is 5.56 Å². The summed E-state index contributed by atoms with van der Waals surface area (Å²) in [5.41, 5.74) is 1.36. The Kier molecular flexibility index (Phi) is 6.54. The van der Waals surface area contributed by atoms with E-state index in [-0.39, 0.29) is 24.4 Å². The van der Waals surface area contributed by atoms with Crippen molar-refractivity contribution in [2.75, 3.05) is 39.4 Å². The third-order valence-corrected chi connectivity index (χ3v) is 5.80. The molecule has 4 amide bonds. The van der Waals surface area contributed by atoms with E-state index in [0.717, 1.165) is 23.6 Å². The van der Waals surface area contributed by atoms with Gasteiger partial charge in [0.15, 0.2) is 0 Å². The van der Waals surface area contributed by atoms with E-state index in [0.29, 0.717) is 26.2 Å². The van der Waals surface area contributed by atoms with E-state index in [9.17, 15) is 14.4 Å². The van der Waals surface area contributed by atoms with E-state index >= 15 is 0 Å². The summed E-state index contributed by atoms with van der Waals surface area (Å²) in [7, 11) is 0. The number of rotatable bonds is 7. The molecule has 158 valence electrons. The fourth-order valence-electron chi connectivity index (χ4n) is 3.68. The molecule has 0 aromatic heterocycles. The van der Waals surface area contributed by atoms with Crippen LogP contribution in [0.3, 0.4) is 0 Å². The summed E-state index contributed by atoms with van der Waals surface area (Å²) in [4.78, 5) is 40.4. The minimum Gasteiger partial charge on any atom is -0.379 e. The van der Waals surface area contributed by atoms with Gasteiger partial charge in [-0.05, 0) is 25.8 Å². The van der Waals surface area contributed by atoms with Crippen molar-refractivity contribution < 1.29 is 19.1 Å². The SMILES string of the molecule is CCC1(C)NC(=O)N(CC(=O)NCC(c2ccc(C)cc2)N2CCOCC2)C1=O. The lowest BCUT2D eigenvalue weighted by atomic mass is 9.99.